The van der Waals surface area contributed by atoms with Gasteiger partial charge >= 0.3 is 0 Å². The van der Waals surface area contributed by atoms with Crippen LogP contribution in [0.1, 0.15) is 26.4 Å². The second kappa shape index (κ2) is 5.10. The number of fused-ring (bicyclic) bond motifs is 1. The number of benzene rings is 2. The predicted octanol–water partition coefficient (Wildman–Crippen LogP) is 3.90. The standard InChI is InChI=1S/C17H15NOS/c1-11-6-8-12(9-7-11)10-14-13-4-2-3-5-15(13)20-16(14)17(18)19/h2-9H,10H2,1H3,(H2,18,19). The molecule has 3 rings (SSSR count). The number of nitrogens with two attached hydrogens (primary N) is 1. The summed E-state index contributed by atoms with van der Waals surface area (Å²) in [7, 11) is 0. The molecule has 0 atom stereocenters. The van der Waals surface area contributed by atoms with Gasteiger partial charge in [0.15, 0.2) is 0 Å². The van der Waals surface area contributed by atoms with Crippen molar-refractivity contribution < 1.29 is 4.79 Å². The van der Waals surface area contributed by atoms with Crippen LogP contribution in [0.2, 0.25) is 0 Å². The molecule has 3 heteroatoms. The maximum atomic E-state index is 11.7. The van der Waals surface area contributed by atoms with Crippen molar-refractivity contribution in [2.24, 2.45) is 5.73 Å². The zero-order valence-electron chi connectivity index (χ0n) is 11.2. The van der Waals surface area contributed by atoms with Crippen molar-refractivity contribution in [3.8, 4) is 0 Å². The Kier molecular flexibility index (Phi) is 3.28. The average molecular weight is 281 g/mol. The maximum Gasteiger partial charge on any atom is 0.259 e. The molecule has 0 unspecified atom stereocenters. The Bertz CT molecular complexity index is 771. The van der Waals surface area contributed by atoms with Gasteiger partial charge in [0.1, 0.15) is 0 Å². The Morgan fingerprint density at radius 3 is 2.50 bits per heavy atom. The van der Waals surface area contributed by atoms with Gasteiger partial charge in [0.25, 0.3) is 5.91 Å². The van der Waals surface area contributed by atoms with Crippen molar-refractivity contribution in [3.05, 3.63) is 70.1 Å². The molecule has 2 nitrogen and oxygen atoms in total. The van der Waals surface area contributed by atoms with Gasteiger partial charge in [-0.25, -0.2) is 0 Å². The zero-order chi connectivity index (χ0) is 14.1. The summed E-state index contributed by atoms with van der Waals surface area (Å²) in [6, 6.07) is 16.5. The second-order valence-corrected chi connectivity index (χ2v) is 5.98. The molecular formula is C17H15NOS. The van der Waals surface area contributed by atoms with Gasteiger partial charge in [-0.2, -0.15) is 0 Å². The highest BCUT2D eigenvalue weighted by Crippen LogP contribution is 2.32. The summed E-state index contributed by atoms with van der Waals surface area (Å²) in [6.07, 6.45) is 0.739. The van der Waals surface area contributed by atoms with Gasteiger partial charge in [-0.15, -0.1) is 11.3 Å². The molecule has 1 aromatic heterocycles. The van der Waals surface area contributed by atoms with Crippen molar-refractivity contribution in [3.63, 3.8) is 0 Å². The highest BCUT2D eigenvalue weighted by Gasteiger charge is 2.16. The summed E-state index contributed by atoms with van der Waals surface area (Å²) < 4.78 is 1.11. The van der Waals surface area contributed by atoms with Gasteiger partial charge in [-0.3, -0.25) is 4.79 Å². The van der Waals surface area contributed by atoms with E-state index in [-0.39, 0.29) is 5.91 Å². The van der Waals surface area contributed by atoms with Gasteiger partial charge in [0.05, 0.1) is 4.88 Å². The lowest BCUT2D eigenvalue weighted by molar-refractivity contribution is 0.100. The molecule has 0 saturated heterocycles. The van der Waals surface area contributed by atoms with E-state index in [2.05, 4.69) is 37.3 Å². The van der Waals surface area contributed by atoms with Crippen LogP contribution in [-0.2, 0) is 6.42 Å². The van der Waals surface area contributed by atoms with E-state index in [0.717, 1.165) is 22.1 Å². The topological polar surface area (TPSA) is 43.1 Å². The summed E-state index contributed by atoms with van der Waals surface area (Å²) in [5.74, 6) is -0.340. The third kappa shape index (κ3) is 2.32. The largest absolute Gasteiger partial charge is 0.365 e. The van der Waals surface area contributed by atoms with Crippen LogP contribution in [0.25, 0.3) is 10.1 Å². The molecule has 0 bridgehead atoms. The van der Waals surface area contributed by atoms with Crippen LogP contribution < -0.4 is 5.73 Å². The highest BCUT2D eigenvalue weighted by atomic mass is 32.1. The van der Waals surface area contributed by atoms with Crippen molar-refractivity contribution in [1.29, 1.82) is 0 Å². The minimum Gasteiger partial charge on any atom is -0.365 e. The molecule has 0 spiro atoms. The lowest BCUT2D eigenvalue weighted by atomic mass is 10.0. The monoisotopic (exact) mass is 281 g/mol. The van der Waals surface area contributed by atoms with E-state index in [1.165, 1.54) is 22.5 Å². The molecule has 20 heavy (non-hydrogen) atoms. The third-order valence-electron chi connectivity index (χ3n) is 3.42. The molecule has 2 aromatic carbocycles. The lowest BCUT2D eigenvalue weighted by Crippen LogP contribution is -2.11. The molecule has 0 aliphatic rings. The van der Waals surface area contributed by atoms with Crippen LogP contribution in [0.4, 0.5) is 0 Å². The Morgan fingerprint density at radius 2 is 1.80 bits per heavy atom. The Balaban J connectivity index is 2.11. The first-order chi connectivity index (χ1) is 9.65. The summed E-state index contributed by atoms with van der Waals surface area (Å²) >= 11 is 1.48. The van der Waals surface area contributed by atoms with Crippen LogP contribution in [0.15, 0.2) is 48.5 Å². The summed E-state index contributed by atoms with van der Waals surface area (Å²) in [5, 5.41) is 1.13. The van der Waals surface area contributed by atoms with E-state index in [0.29, 0.717) is 4.88 Å². The van der Waals surface area contributed by atoms with Gasteiger partial charge in [-0.05, 0) is 35.9 Å². The first kappa shape index (κ1) is 12.9. The molecule has 1 heterocycles. The summed E-state index contributed by atoms with van der Waals surface area (Å²) in [5.41, 5.74) is 9.00. The molecule has 3 aromatic rings. The number of hydrogen-bond acceptors (Lipinski definition) is 2. The van der Waals surface area contributed by atoms with Crippen molar-refractivity contribution in [2.75, 3.05) is 0 Å². The molecule has 0 aliphatic carbocycles. The second-order valence-electron chi connectivity index (χ2n) is 4.93. The Hall–Kier alpha value is -2.13. The van der Waals surface area contributed by atoms with E-state index >= 15 is 0 Å². The molecular weight excluding hydrogens is 266 g/mol. The SMILES string of the molecule is Cc1ccc(Cc2c(C(N)=O)sc3ccccc23)cc1. The van der Waals surface area contributed by atoms with Gasteiger partial charge < -0.3 is 5.73 Å². The maximum absolute atomic E-state index is 11.7. The quantitative estimate of drug-likeness (QED) is 0.777. The first-order valence-electron chi connectivity index (χ1n) is 6.51. The summed E-state index contributed by atoms with van der Waals surface area (Å²) in [4.78, 5) is 12.3. The van der Waals surface area contributed by atoms with Crippen molar-refractivity contribution in [2.45, 2.75) is 13.3 Å². The fourth-order valence-electron chi connectivity index (χ4n) is 2.38. The number of carbonyl (C=O) groups is 1. The number of aryl methyl sites for hydroxylation is 1. The average Bonchev–Trinajstić information content (AvgIpc) is 2.81. The molecule has 1 amide bonds. The van der Waals surface area contributed by atoms with E-state index in [9.17, 15) is 4.79 Å². The number of thiophene rings is 1. The minimum atomic E-state index is -0.340. The lowest BCUT2D eigenvalue weighted by Gasteiger charge is -2.04. The fraction of sp³-hybridized carbons (Fsp3) is 0.118. The number of carbonyl (C=O) groups excluding carboxylic acids is 1. The third-order valence-corrected chi connectivity index (χ3v) is 4.65. The number of amides is 1. The van der Waals surface area contributed by atoms with E-state index in [1.54, 1.807) is 0 Å². The number of hydrogen-bond donors (Lipinski definition) is 1. The fourth-order valence-corrected chi connectivity index (χ4v) is 3.46. The number of rotatable bonds is 3. The van der Waals surface area contributed by atoms with E-state index in [1.807, 2.05) is 18.2 Å². The zero-order valence-corrected chi connectivity index (χ0v) is 12.0. The van der Waals surface area contributed by atoms with Gasteiger partial charge in [-0.1, -0.05) is 48.0 Å². The summed E-state index contributed by atoms with van der Waals surface area (Å²) in [6.45, 7) is 2.07. The minimum absolute atomic E-state index is 0.340. The van der Waals surface area contributed by atoms with Crippen LogP contribution in [0.3, 0.4) is 0 Å². The molecule has 2 N–H and O–H groups in total. The van der Waals surface area contributed by atoms with Crippen LogP contribution in [-0.4, -0.2) is 5.91 Å². The van der Waals surface area contributed by atoms with Crippen LogP contribution in [0.5, 0.6) is 0 Å². The predicted molar refractivity (Wildman–Crippen MR) is 84.3 cm³/mol. The molecule has 0 fully saturated rings. The highest BCUT2D eigenvalue weighted by molar-refractivity contribution is 7.21. The van der Waals surface area contributed by atoms with Crippen LogP contribution >= 0.6 is 11.3 Å². The van der Waals surface area contributed by atoms with E-state index in [4.69, 9.17) is 5.73 Å². The van der Waals surface area contributed by atoms with Gasteiger partial charge in [0, 0.05) is 4.70 Å². The molecule has 100 valence electrons. The van der Waals surface area contributed by atoms with Crippen molar-refractivity contribution in [1.82, 2.24) is 0 Å². The Morgan fingerprint density at radius 1 is 1.10 bits per heavy atom. The Labute approximate surface area is 121 Å². The van der Waals surface area contributed by atoms with E-state index < -0.39 is 0 Å². The molecule has 0 aliphatic heterocycles. The normalized spacial score (nSPS) is 10.8. The smallest absolute Gasteiger partial charge is 0.259 e. The van der Waals surface area contributed by atoms with Crippen LogP contribution in [0, 0.1) is 6.92 Å². The number of primary amides is 1. The van der Waals surface area contributed by atoms with Crippen molar-refractivity contribution >= 4 is 27.3 Å². The first-order valence-corrected chi connectivity index (χ1v) is 7.32. The van der Waals surface area contributed by atoms with Gasteiger partial charge in [0.2, 0.25) is 0 Å². The molecule has 0 saturated carbocycles. The molecule has 0 radical (unpaired) electrons.